The van der Waals surface area contributed by atoms with E-state index in [0.717, 1.165) is 16.9 Å². The van der Waals surface area contributed by atoms with Crippen LogP contribution in [0.25, 0.3) is 5.65 Å². The Morgan fingerprint density at radius 3 is 2.53 bits per heavy atom. The van der Waals surface area contributed by atoms with Crippen LogP contribution in [0.3, 0.4) is 0 Å². The number of nitrogens with zero attached hydrogens (tertiary/aromatic N) is 2. The van der Waals surface area contributed by atoms with Gasteiger partial charge in [0.05, 0.1) is 0 Å². The number of hydrogen-bond donors (Lipinski definition) is 0. The molecular weight excluding hydrogens is 233 g/mol. The van der Waals surface area contributed by atoms with Gasteiger partial charge < -0.3 is 0 Å². The summed E-state index contributed by atoms with van der Waals surface area (Å²) < 4.78 is 39.0. The number of aromatic nitrogens is 2. The highest BCUT2D eigenvalue weighted by atomic mass is 19.4. The van der Waals surface area contributed by atoms with E-state index in [0.29, 0.717) is 0 Å². The lowest BCUT2D eigenvalue weighted by molar-refractivity contribution is -0.141. The van der Waals surface area contributed by atoms with Gasteiger partial charge in [0.25, 0.3) is 5.56 Å². The van der Waals surface area contributed by atoms with Crippen LogP contribution in [-0.2, 0) is 6.18 Å². The van der Waals surface area contributed by atoms with Crippen molar-refractivity contribution in [3.63, 3.8) is 0 Å². The van der Waals surface area contributed by atoms with Crippen molar-refractivity contribution < 1.29 is 13.2 Å². The number of pyridine rings is 1. The summed E-state index contributed by atoms with van der Waals surface area (Å²) in [7, 11) is 0. The molecule has 2 aromatic rings. The van der Waals surface area contributed by atoms with E-state index in [1.165, 1.54) is 12.3 Å². The van der Waals surface area contributed by atoms with Gasteiger partial charge in [0.2, 0.25) is 0 Å². The van der Waals surface area contributed by atoms with E-state index in [1.807, 2.05) is 0 Å². The predicted octanol–water partition coefficient (Wildman–Crippen LogP) is 2.33. The fourth-order valence-electron chi connectivity index (χ4n) is 1.60. The molecule has 2 rings (SSSR count). The molecule has 0 bridgehead atoms. The molecule has 0 spiro atoms. The molecule has 0 aliphatic rings. The monoisotopic (exact) mass is 242 g/mol. The van der Waals surface area contributed by atoms with E-state index < -0.39 is 17.4 Å². The number of rotatable bonds is 0. The molecule has 0 aliphatic carbocycles. The quantitative estimate of drug-likeness (QED) is 0.710. The highest BCUT2D eigenvalue weighted by Crippen LogP contribution is 2.29. The van der Waals surface area contributed by atoms with Gasteiger partial charge in [-0.2, -0.15) is 13.2 Å². The molecule has 0 atom stereocenters. The lowest BCUT2D eigenvalue weighted by Gasteiger charge is -2.10. The summed E-state index contributed by atoms with van der Waals surface area (Å²) in [5, 5.41) is 0. The molecule has 0 aromatic carbocycles. The van der Waals surface area contributed by atoms with Crippen molar-refractivity contribution in [3.8, 4) is 0 Å². The van der Waals surface area contributed by atoms with E-state index in [2.05, 4.69) is 4.98 Å². The standard InChI is InChI=1S/C11H9F3N2O/c1-6-3-4-16-8(5-6)15-9(11(12,13)14)7(2)10(16)17/h3-5H,1-2H3. The lowest BCUT2D eigenvalue weighted by Crippen LogP contribution is -2.24. The lowest BCUT2D eigenvalue weighted by atomic mass is 10.2. The maximum Gasteiger partial charge on any atom is 0.433 e. The third-order valence-electron chi connectivity index (χ3n) is 2.48. The summed E-state index contributed by atoms with van der Waals surface area (Å²) in [6.45, 7) is 2.85. The molecule has 0 radical (unpaired) electrons. The third kappa shape index (κ3) is 1.90. The van der Waals surface area contributed by atoms with E-state index in [9.17, 15) is 18.0 Å². The minimum atomic E-state index is -4.61. The molecule has 90 valence electrons. The molecule has 0 saturated carbocycles. The van der Waals surface area contributed by atoms with Crippen LogP contribution in [0.1, 0.15) is 16.8 Å². The molecule has 2 aromatic heterocycles. The number of aryl methyl sites for hydroxylation is 1. The van der Waals surface area contributed by atoms with Crippen LogP contribution in [0, 0.1) is 13.8 Å². The van der Waals surface area contributed by atoms with Crippen LogP contribution in [0.4, 0.5) is 13.2 Å². The minimum absolute atomic E-state index is 0.00734. The Balaban J connectivity index is 2.91. The molecule has 0 saturated heterocycles. The maximum absolute atomic E-state index is 12.6. The summed E-state index contributed by atoms with van der Waals surface area (Å²) in [5.74, 6) is 0. The van der Waals surface area contributed by atoms with Gasteiger partial charge in [-0.3, -0.25) is 9.20 Å². The van der Waals surface area contributed by atoms with Crippen LogP contribution < -0.4 is 5.56 Å². The van der Waals surface area contributed by atoms with Gasteiger partial charge in [-0.15, -0.1) is 0 Å². The average Bonchev–Trinajstić information content (AvgIpc) is 2.21. The first-order valence-electron chi connectivity index (χ1n) is 4.87. The molecule has 0 fully saturated rings. The zero-order valence-electron chi connectivity index (χ0n) is 9.17. The second-order valence-corrected chi connectivity index (χ2v) is 3.82. The van der Waals surface area contributed by atoms with Crippen LogP contribution in [0.5, 0.6) is 0 Å². The van der Waals surface area contributed by atoms with Gasteiger partial charge in [-0.05, 0) is 31.5 Å². The number of fused-ring (bicyclic) bond motifs is 1. The largest absolute Gasteiger partial charge is 0.433 e. The van der Waals surface area contributed by atoms with Crippen molar-refractivity contribution in [2.45, 2.75) is 20.0 Å². The number of alkyl halides is 3. The zero-order chi connectivity index (χ0) is 12.8. The molecule has 0 aliphatic heterocycles. The molecular formula is C11H9F3N2O. The highest BCUT2D eigenvalue weighted by molar-refractivity contribution is 5.43. The van der Waals surface area contributed by atoms with Gasteiger partial charge in [-0.25, -0.2) is 4.98 Å². The highest BCUT2D eigenvalue weighted by Gasteiger charge is 2.36. The minimum Gasteiger partial charge on any atom is -0.269 e. The summed E-state index contributed by atoms with van der Waals surface area (Å²) in [4.78, 5) is 15.2. The van der Waals surface area contributed by atoms with E-state index in [4.69, 9.17) is 0 Å². The van der Waals surface area contributed by atoms with Crippen LogP contribution >= 0.6 is 0 Å². The average molecular weight is 242 g/mol. The first kappa shape index (κ1) is 11.6. The van der Waals surface area contributed by atoms with Crippen molar-refractivity contribution >= 4 is 5.65 Å². The molecule has 6 heteroatoms. The molecule has 3 nitrogen and oxygen atoms in total. The Kier molecular flexibility index (Phi) is 2.45. The molecule has 0 N–H and O–H groups in total. The first-order valence-corrected chi connectivity index (χ1v) is 4.87. The normalized spacial score (nSPS) is 12.1. The molecule has 0 amide bonds. The van der Waals surface area contributed by atoms with Gasteiger partial charge in [0.1, 0.15) is 5.65 Å². The van der Waals surface area contributed by atoms with Crippen LogP contribution in [0.2, 0.25) is 0 Å². The van der Waals surface area contributed by atoms with Crippen LogP contribution in [0.15, 0.2) is 23.1 Å². The van der Waals surface area contributed by atoms with Gasteiger partial charge in [-0.1, -0.05) is 0 Å². The second kappa shape index (κ2) is 3.58. The van der Waals surface area contributed by atoms with E-state index in [-0.39, 0.29) is 11.2 Å². The summed E-state index contributed by atoms with van der Waals surface area (Å²) in [6, 6.07) is 3.08. The maximum atomic E-state index is 12.6. The van der Waals surface area contributed by atoms with Crippen molar-refractivity contribution in [1.29, 1.82) is 0 Å². The zero-order valence-corrected chi connectivity index (χ0v) is 9.17. The van der Waals surface area contributed by atoms with Crippen LogP contribution in [-0.4, -0.2) is 9.38 Å². The van der Waals surface area contributed by atoms with Crippen molar-refractivity contribution in [2.24, 2.45) is 0 Å². The van der Waals surface area contributed by atoms with Gasteiger partial charge in [0, 0.05) is 11.8 Å². The van der Waals surface area contributed by atoms with Crippen molar-refractivity contribution in [3.05, 3.63) is 45.5 Å². The summed E-state index contributed by atoms with van der Waals surface area (Å²) >= 11 is 0. The van der Waals surface area contributed by atoms with Gasteiger partial charge >= 0.3 is 6.18 Å². The fraction of sp³-hybridized carbons (Fsp3) is 0.273. The second-order valence-electron chi connectivity index (χ2n) is 3.82. The van der Waals surface area contributed by atoms with E-state index >= 15 is 0 Å². The predicted molar refractivity (Wildman–Crippen MR) is 55.9 cm³/mol. The summed E-state index contributed by atoms with van der Waals surface area (Å²) in [5.41, 5.74) is -1.45. The van der Waals surface area contributed by atoms with E-state index in [1.54, 1.807) is 13.0 Å². The Labute approximate surface area is 94.5 Å². The number of hydrogen-bond acceptors (Lipinski definition) is 2. The molecule has 0 unspecified atom stereocenters. The topological polar surface area (TPSA) is 34.4 Å². The number of halogens is 3. The Bertz CT molecular complexity index is 643. The SMILES string of the molecule is Cc1ccn2c(=O)c(C)c(C(F)(F)F)nc2c1. The molecule has 17 heavy (non-hydrogen) atoms. The summed E-state index contributed by atoms with van der Waals surface area (Å²) in [6.07, 6.45) is -3.19. The van der Waals surface area contributed by atoms with Crippen molar-refractivity contribution in [2.75, 3.05) is 0 Å². The third-order valence-corrected chi connectivity index (χ3v) is 2.48. The molecule has 2 heterocycles. The Morgan fingerprint density at radius 1 is 1.29 bits per heavy atom. The Hall–Kier alpha value is -1.85. The van der Waals surface area contributed by atoms with Gasteiger partial charge in [0.15, 0.2) is 5.69 Å². The smallest absolute Gasteiger partial charge is 0.269 e. The first-order chi connectivity index (χ1) is 7.80. The fourth-order valence-corrected chi connectivity index (χ4v) is 1.60. The van der Waals surface area contributed by atoms with Crippen molar-refractivity contribution in [1.82, 2.24) is 9.38 Å². The Morgan fingerprint density at radius 2 is 1.94 bits per heavy atom.